The average molecular weight is 348 g/mol. The Labute approximate surface area is 145 Å². The molecule has 1 N–H and O–H groups in total. The van der Waals surface area contributed by atoms with Gasteiger partial charge in [-0.25, -0.2) is 4.79 Å². The van der Waals surface area contributed by atoms with Crippen molar-refractivity contribution in [2.75, 3.05) is 18.5 Å². The first-order valence-corrected chi connectivity index (χ1v) is 7.73. The Morgan fingerprint density at radius 3 is 2.46 bits per heavy atom. The highest BCUT2D eigenvalue weighted by Gasteiger charge is 2.12. The minimum atomic E-state index is -0.624. The second kappa shape index (κ2) is 8.36. The van der Waals surface area contributed by atoms with Gasteiger partial charge in [-0.3, -0.25) is 4.79 Å². The number of rotatable bonds is 6. The zero-order valence-corrected chi connectivity index (χ0v) is 14.2. The van der Waals surface area contributed by atoms with E-state index in [1.54, 1.807) is 30.3 Å². The molecule has 6 heteroatoms. The fourth-order valence-corrected chi connectivity index (χ4v) is 2.46. The first kappa shape index (κ1) is 17.8. The smallest absolute Gasteiger partial charge is 0.344 e. The zero-order valence-electron chi connectivity index (χ0n) is 13.5. The van der Waals surface area contributed by atoms with Gasteiger partial charge >= 0.3 is 5.97 Å². The third-order valence-corrected chi connectivity index (χ3v) is 3.46. The van der Waals surface area contributed by atoms with Gasteiger partial charge in [-0.1, -0.05) is 35.9 Å². The molecule has 2 aromatic rings. The Kier molecular flexibility index (Phi) is 6.21. The van der Waals surface area contributed by atoms with Gasteiger partial charge < -0.3 is 14.8 Å². The Bertz CT molecular complexity index is 708. The summed E-state index contributed by atoms with van der Waals surface area (Å²) >= 11 is 6.12. The van der Waals surface area contributed by atoms with E-state index in [0.29, 0.717) is 16.5 Å². The number of amides is 1. The first-order chi connectivity index (χ1) is 11.5. The molecule has 0 aliphatic heterocycles. The van der Waals surface area contributed by atoms with Gasteiger partial charge in [0.1, 0.15) is 5.75 Å². The monoisotopic (exact) mass is 347 g/mol. The Morgan fingerprint density at radius 2 is 1.79 bits per heavy atom. The summed E-state index contributed by atoms with van der Waals surface area (Å²) in [6, 6.07) is 12.5. The second-order valence-electron chi connectivity index (χ2n) is 5.25. The summed E-state index contributed by atoms with van der Waals surface area (Å²) in [5.74, 6) is -0.529. The van der Waals surface area contributed by atoms with Crippen molar-refractivity contribution in [2.24, 2.45) is 0 Å². The van der Waals surface area contributed by atoms with Crippen molar-refractivity contribution in [3.05, 3.63) is 58.6 Å². The highest BCUT2D eigenvalue weighted by Crippen LogP contribution is 2.27. The predicted octanol–water partition coefficient (Wildman–Crippen LogP) is 3.52. The van der Waals surface area contributed by atoms with Gasteiger partial charge in [0.2, 0.25) is 0 Å². The van der Waals surface area contributed by atoms with Gasteiger partial charge in [0.25, 0.3) is 5.91 Å². The summed E-state index contributed by atoms with van der Waals surface area (Å²) in [4.78, 5) is 23.5. The number of para-hydroxylation sites is 1. The number of nitrogens with one attached hydrogen (secondary N) is 1. The van der Waals surface area contributed by atoms with Crippen LogP contribution in [0.1, 0.15) is 11.1 Å². The summed E-state index contributed by atoms with van der Waals surface area (Å²) in [6.45, 7) is 3.09. The van der Waals surface area contributed by atoms with Gasteiger partial charge in [0.05, 0.1) is 10.7 Å². The quantitative estimate of drug-likeness (QED) is 0.812. The lowest BCUT2D eigenvalue weighted by Crippen LogP contribution is -2.24. The van der Waals surface area contributed by atoms with Gasteiger partial charge in [0.15, 0.2) is 13.2 Å². The normalized spacial score (nSPS) is 10.1. The molecule has 0 unspecified atom stereocenters. The van der Waals surface area contributed by atoms with Crippen LogP contribution in [-0.2, 0) is 14.3 Å². The summed E-state index contributed by atoms with van der Waals surface area (Å²) in [7, 11) is 0. The maximum absolute atomic E-state index is 11.9. The van der Waals surface area contributed by atoms with Gasteiger partial charge in [-0.2, -0.15) is 0 Å². The van der Waals surface area contributed by atoms with Crippen molar-refractivity contribution in [3.8, 4) is 5.75 Å². The SMILES string of the molecule is Cc1cc(C)c(NC(=O)COC(=O)COc2ccccc2)c(Cl)c1. The van der Waals surface area contributed by atoms with Crippen molar-refractivity contribution in [1.82, 2.24) is 0 Å². The fraction of sp³-hybridized carbons (Fsp3) is 0.222. The Morgan fingerprint density at radius 1 is 1.08 bits per heavy atom. The van der Waals surface area contributed by atoms with E-state index in [-0.39, 0.29) is 6.61 Å². The number of halogens is 1. The van der Waals surface area contributed by atoms with Crippen LogP contribution in [0.3, 0.4) is 0 Å². The average Bonchev–Trinajstić information content (AvgIpc) is 2.55. The van der Waals surface area contributed by atoms with Crippen molar-refractivity contribution >= 4 is 29.2 Å². The van der Waals surface area contributed by atoms with Crippen LogP contribution in [0.5, 0.6) is 5.75 Å². The summed E-state index contributed by atoms with van der Waals surface area (Å²) in [5.41, 5.74) is 2.36. The predicted molar refractivity (Wildman–Crippen MR) is 92.5 cm³/mol. The lowest BCUT2D eigenvalue weighted by atomic mass is 10.1. The summed E-state index contributed by atoms with van der Waals surface area (Å²) in [6.07, 6.45) is 0. The van der Waals surface area contributed by atoms with E-state index in [1.807, 2.05) is 26.0 Å². The summed E-state index contributed by atoms with van der Waals surface area (Å²) < 4.78 is 10.1. The molecule has 24 heavy (non-hydrogen) atoms. The van der Waals surface area contributed by atoms with E-state index >= 15 is 0 Å². The standard InChI is InChI=1S/C18H18ClNO4/c1-12-8-13(2)18(15(19)9-12)20-16(21)10-24-17(22)11-23-14-6-4-3-5-7-14/h3-9H,10-11H2,1-2H3,(H,20,21). The van der Waals surface area contributed by atoms with Gasteiger partial charge in [-0.05, 0) is 43.2 Å². The van der Waals surface area contributed by atoms with E-state index in [2.05, 4.69) is 5.32 Å². The molecule has 2 aromatic carbocycles. The zero-order chi connectivity index (χ0) is 17.5. The lowest BCUT2D eigenvalue weighted by Gasteiger charge is -2.12. The van der Waals surface area contributed by atoms with Crippen LogP contribution in [0.15, 0.2) is 42.5 Å². The van der Waals surface area contributed by atoms with Crippen LogP contribution < -0.4 is 10.1 Å². The van der Waals surface area contributed by atoms with Crippen molar-refractivity contribution < 1.29 is 19.1 Å². The molecule has 0 aromatic heterocycles. The van der Waals surface area contributed by atoms with Crippen molar-refractivity contribution in [3.63, 3.8) is 0 Å². The molecule has 0 atom stereocenters. The van der Waals surface area contributed by atoms with E-state index in [0.717, 1.165) is 11.1 Å². The number of esters is 1. The van der Waals surface area contributed by atoms with Gasteiger partial charge in [0, 0.05) is 0 Å². The topological polar surface area (TPSA) is 64.6 Å². The lowest BCUT2D eigenvalue weighted by molar-refractivity contribution is -0.149. The van der Waals surface area contributed by atoms with E-state index in [1.165, 1.54) is 0 Å². The molecule has 0 saturated heterocycles. The third kappa shape index (κ3) is 5.28. The molecular weight excluding hydrogens is 330 g/mol. The number of aryl methyl sites for hydroxylation is 2. The van der Waals surface area contributed by atoms with Crippen LogP contribution in [0, 0.1) is 13.8 Å². The highest BCUT2D eigenvalue weighted by molar-refractivity contribution is 6.34. The number of carbonyl (C=O) groups excluding carboxylic acids is 2. The molecule has 0 heterocycles. The number of anilines is 1. The molecule has 0 aliphatic carbocycles. The number of benzene rings is 2. The molecular formula is C18H18ClNO4. The van der Waals surface area contributed by atoms with Crippen LogP contribution in [0.4, 0.5) is 5.69 Å². The van der Waals surface area contributed by atoms with E-state index in [9.17, 15) is 9.59 Å². The number of carbonyl (C=O) groups is 2. The molecule has 0 saturated carbocycles. The van der Waals surface area contributed by atoms with Crippen LogP contribution in [0.25, 0.3) is 0 Å². The van der Waals surface area contributed by atoms with Crippen molar-refractivity contribution in [2.45, 2.75) is 13.8 Å². The minimum Gasteiger partial charge on any atom is -0.482 e. The van der Waals surface area contributed by atoms with E-state index in [4.69, 9.17) is 21.1 Å². The molecule has 1 amide bonds. The maximum Gasteiger partial charge on any atom is 0.344 e. The highest BCUT2D eigenvalue weighted by atomic mass is 35.5. The van der Waals surface area contributed by atoms with Crippen LogP contribution >= 0.6 is 11.6 Å². The fourth-order valence-electron chi connectivity index (χ4n) is 2.10. The number of ether oxygens (including phenoxy) is 2. The molecule has 0 aliphatic rings. The van der Waals surface area contributed by atoms with Crippen LogP contribution in [0.2, 0.25) is 5.02 Å². The molecule has 126 valence electrons. The van der Waals surface area contributed by atoms with Crippen molar-refractivity contribution in [1.29, 1.82) is 0 Å². The summed E-state index contributed by atoms with van der Waals surface area (Å²) in [5, 5.41) is 3.09. The number of hydrogen-bond acceptors (Lipinski definition) is 4. The molecule has 0 spiro atoms. The van der Waals surface area contributed by atoms with E-state index < -0.39 is 18.5 Å². The molecule has 0 fully saturated rings. The van der Waals surface area contributed by atoms with Gasteiger partial charge in [-0.15, -0.1) is 0 Å². The molecule has 5 nitrogen and oxygen atoms in total. The molecule has 0 radical (unpaired) electrons. The Balaban J connectivity index is 1.80. The first-order valence-electron chi connectivity index (χ1n) is 7.36. The van der Waals surface area contributed by atoms with Crippen LogP contribution in [-0.4, -0.2) is 25.1 Å². The molecule has 0 bridgehead atoms. The minimum absolute atomic E-state index is 0.262. The maximum atomic E-state index is 11.9. The number of hydrogen-bond donors (Lipinski definition) is 1. The second-order valence-corrected chi connectivity index (χ2v) is 5.66. The molecule has 2 rings (SSSR count). The largest absolute Gasteiger partial charge is 0.482 e. The third-order valence-electron chi connectivity index (χ3n) is 3.16. The Hall–Kier alpha value is -2.53.